The summed E-state index contributed by atoms with van der Waals surface area (Å²) < 4.78 is 6.43. The van der Waals surface area contributed by atoms with Crippen LogP contribution in [-0.4, -0.2) is 43.2 Å². The highest BCUT2D eigenvalue weighted by atomic mass is 35.5. The summed E-state index contributed by atoms with van der Waals surface area (Å²) in [5.41, 5.74) is 3.97. The molecule has 2 aliphatic rings. The number of hydrogen-bond donors (Lipinski definition) is 1. The van der Waals surface area contributed by atoms with Crippen LogP contribution in [0.5, 0.6) is 0 Å². The Morgan fingerprint density at radius 3 is 2.22 bits per heavy atom. The summed E-state index contributed by atoms with van der Waals surface area (Å²) in [6.07, 6.45) is 2.04. The molecule has 0 spiro atoms. The predicted octanol–water partition coefficient (Wildman–Crippen LogP) is 4.51. The zero-order valence-electron chi connectivity index (χ0n) is 15.7. The molecule has 0 aromatic heterocycles. The fraction of sp³-hybridized carbons (Fsp3) is 0.455. The molecule has 1 saturated heterocycles. The van der Waals surface area contributed by atoms with Crippen molar-refractivity contribution in [3.8, 4) is 0 Å². The molecule has 144 valence electrons. The molecule has 0 bridgehead atoms. The quantitative estimate of drug-likeness (QED) is 0.792. The van der Waals surface area contributed by atoms with Gasteiger partial charge in [-0.25, -0.2) is 0 Å². The maximum atomic E-state index is 6.43. The first-order valence-electron chi connectivity index (χ1n) is 9.66. The van der Waals surface area contributed by atoms with Crippen molar-refractivity contribution in [3.05, 3.63) is 69.2 Å². The molecule has 2 aromatic rings. The molecular weight excluding hydrogens is 379 g/mol. The lowest BCUT2D eigenvalue weighted by Gasteiger charge is -2.44. The Bertz CT molecular complexity index is 759. The van der Waals surface area contributed by atoms with Crippen molar-refractivity contribution in [1.82, 2.24) is 10.2 Å². The molecule has 3 nitrogen and oxygen atoms in total. The van der Waals surface area contributed by atoms with Crippen LogP contribution < -0.4 is 5.32 Å². The van der Waals surface area contributed by atoms with Crippen LogP contribution in [0.1, 0.15) is 29.7 Å². The number of nitrogens with one attached hydrogen (secondary N) is 1. The lowest BCUT2D eigenvalue weighted by atomic mass is 9.93. The topological polar surface area (TPSA) is 24.5 Å². The largest absolute Gasteiger partial charge is 0.372 e. The highest BCUT2D eigenvalue weighted by Crippen LogP contribution is 2.36. The molecule has 27 heavy (non-hydrogen) atoms. The number of ether oxygens (including phenoxy) is 1. The van der Waals surface area contributed by atoms with Gasteiger partial charge in [0.05, 0.1) is 18.2 Å². The van der Waals surface area contributed by atoms with E-state index >= 15 is 0 Å². The standard InChI is InChI=1S/C22H26Cl2N2O/c1-16(19-10-20(23)12-21(24)11-19)27-15-22(26-8-6-25-7-9-26)13-17-4-2-3-5-18(17)14-22/h2-5,10-12,16,25H,6-9,13-15H2,1H3/t16-/m0/s1. The summed E-state index contributed by atoms with van der Waals surface area (Å²) in [4.78, 5) is 2.63. The molecule has 1 atom stereocenters. The number of rotatable bonds is 5. The number of nitrogens with zero attached hydrogens (tertiary/aromatic N) is 1. The third-order valence-corrected chi connectivity index (χ3v) is 6.34. The van der Waals surface area contributed by atoms with Crippen molar-refractivity contribution >= 4 is 23.2 Å². The molecule has 0 radical (unpaired) electrons. The van der Waals surface area contributed by atoms with Gasteiger partial charge in [-0.3, -0.25) is 4.90 Å². The summed E-state index contributed by atoms with van der Waals surface area (Å²) >= 11 is 12.4. The summed E-state index contributed by atoms with van der Waals surface area (Å²) in [6.45, 7) is 6.99. The number of hydrogen-bond acceptors (Lipinski definition) is 3. The third kappa shape index (κ3) is 4.18. The van der Waals surface area contributed by atoms with Gasteiger partial charge >= 0.3 is 0 Å². The monoisotopic (exact) mass is 404 g/mol. The predicted molar refractivity (Wildman–Crippen MR) is 112 cm³/mol. The molecule has 4 rings (SSSR count). The summed E-state index contributed by atoms with van der Waals surface area (Å²) in [7, 11) is 0. The van der Waals surface area contributed by atoms with Gasteiger partial charge in [-0.05, 0) is 54.7 Å². The minimum atomic E-state index is -0.0512. The lowest BCUT2D eigenvalue weighted by Crippen LogP contribution is -2.59. The molecule has 1 aliphatic heterocycles. The van der Waals surface area contributed by atoms with Crippen molar-refractivity contribution in [2.24, 2.45) is 0 Å². The average molecular weight is 405 g/mol. The van der Waals surface area contributed by atoms with Gasteiger partial charge in [0, 0.05) is 36.2 Å². The maximum absolute atomic E-state index is 6.43. The SMILES string of the molecule is C[C@H](OCC1(N2CCNCC2)Cc2ccccc2C1)c1cc(Cl)cc(Cl)c1. The van der Waals surface area contributed by atoms with E-state index in [4.69, 9.17) is 27.9 Å². The van der Waals surface area contributed by atoms with Crippen molar-refractivity contribution in [2.45, 2.75) is 31.4 Å². The van der Waals surface area contributed by atoms with Crippen LogP contribution >= 0.6 is 23.2 Å². The Balaban J connectivity index is 1.53. The van der Waals surface area contributed by atoms with Gasteiger partial charge in [-0.1, -0.05) is 47.5 Å². The van der Waals surface area contributed by atoms with Crippen LogP contribution in [-0.2, 0) is 17.6 Å². The smallest absolute Gasteiger partial charge is 0.0798 e. The van der Waals surface area contributed by atoms with E-state index in [1.165, 1.54) is 11.1 Å². The molecule has 0 amide bonds. The lowest BCUT2D eigenvalue weighted by molar-refractivity contribution is -0.0379. The Kier molecular flexibility index (Phi) is 5.77. The van der Waals surface area contributed by atoms with Crippen molar-refractivity contribution < 1.29 is 4.74 Å². The van der Waals surface area contributed by atoms with Crippen molar-refractivity contribution in [3.63, 3.8) is 0 Å². The van der Waals surface area contributed by atoms with Crippen LogP contribution in [0.25, 0.3) is 0 Å². The highest BCUT2D eigenvalue weighted by molar-refractivity contribution is 6.34. The van der Waals surface area contributed by atoms with Gasteiger partial charge in [-0.2, -0.15) is 0 Å². The first-order valence-corrected chi connectivity index (χ1v) is 10.4. The number of piperazine rings is 1. The Hall–Kier alpha value is -1.10. The maximum Gasteiger partial charge on any atom is 0.0798 e. The van der Waals surface area contributed by atoms with Gasteiger partial charge < -0.3 is 10.1 Å². The minimum absolute atomic E-state index is 0.0302. The van der Waals surface area contributed by atoms with E-state index in [9.17, 15) is 0 Å². The van der Waals surface area contributed by atoms with E-state index in [1.54, 1.807) is 6.07 Å². The van der Waals surface area contributed by atoms with Crippen molar-refractivity contribution in [1.29, 1.82) is 0 Å². The second-order valence-corrected chi connectivity index (χ2v) is 8.61. The summed E-state index contributed by atoms with van der Waals surface area (Å²) in [5.74, 6) is 0. The molecule has 5 heteroatoms. The molecular formula is C22H26Cl2N2O. The van der Waals surface area contributed by atoms with Gasteiger partial charge in [0.2, 0.25) is 0 Å². The van der Waals surface area contributed by atoms with Crippen LogP contribution in [0.15, 0.2) is 42.5 Å². The first kappa shape index (κ1) is 19.2. The van der Waals surface area contributed by atoms with Crippen LogP contribution in [0.4, 0.5) is 0 Å². The molecule has 1 fully saturated rings. The van der Waals surface area contributed by atoms with Gasteiger partial charge in [0.25, 0.3) is 0 Å². The van der Waals surface area contributed by atoms with Gasteiger partial charge in [0.1, 0.15) is 0 Å². The fourth-order valence-corrected chi connectivity index (χ4v) is 4.96. The van der Waals surface area contributed by atoms with Crippen LogP contribution in [0.3, 0.4) is 0 Å². The molecule has 0 unspecified atom stereocenters. The minimum Gasteiger partial charge on any atom is -0.372 e. The van der Waals surface area contributed by atoms with E-state index in [-0.39, 0.29) is 11.6 Å². The number of halogens is 2. The van der Waals surface area contributed by atoms with Crippen LogP contribution in [0.2, 0.25) is 10.0 Å². The fourth-order valence-electron chi connectivity index (χ4n) is 4.42. The third-order valence-electron chi connectivity index (χ3n) is 5.90. The number of benzene rings is 2. The first-order chi connectivity index (χ1) is 13.1. The summed E-state index contributed by atoms with van der Waals surface area (Å²) in [5, 5.41) is 4.77. The molecule has 0 saturated carbocycles. The van der Waals surface area contributed by atoms with E-state index in [0.717, 1.165) is 44.6 Å². The van der Waals surface area contributed by atoms with E-state index in [0.29, 0.717) is 16.7 Å². The Morgan fingerprint density at radius 2 is 1.63 bits per heavy atom. The zero-order valence-corrected chi connectivity index (χ0v) is 17.2. The van der Waals surface area contributed by atoms with E-state index in [1.807, 2.05) is 12.1 Å². The van der Waals surface area contributed by atoms with Gasteiger partial charge in [0.15, 0.2) is 0 Å². The molecule has 1 N–H and O–H groups in total. The zero-order chi connectivity index (χ0) is 18.9. The Morgan fingerprint density at radius 1 is 1.04 bits per heavy atom. The normalized spacial score (nSPS) is 20.4. The molecule has 2 aromatic carbocycles. The molecule has 1 aliphatic carbocycles. The van der Waals surface area contributed by atoms with Crippen molar-refractivity contribution in [2.75, 3.05) is 32.8 Å². The van der Waals surface area contributed by atoms with Crippen LogP contribution in [0, 0.1) is 0 Å². The second kappa shape index (κ2) is 8.10. The highest BCUT2D eigenvalue weighted by Gasteiger charge is 2.43. The number of fused-ring (bicyclic) bond motifs is 1. The Labute approximate surface area is 171 Å². The van der Waals surface area contributed by atoms with E-state index in [2.05, 4.69) is 41.4 Å². The second-order valence-electron chi connectivity index (χ2n) is 7.74. The van der Waals surface area contributed by atoms with E-state index < -0.39 is 0 Å². The van der Waals surface area contributed by atoms with Gasteiger partial charge in [-0.15, -0.1) is 0 Å². The summed E-state index contributed by atoms with van der Waals surface area (Å²) in [6, 6.07) is 14.5. The molecule has 1 heterocycles. The average Bonchev–Trinajstić information content (AvgIpc) is 3.06.